The third-order valence-electron chi connectivity index (χ3n) is 10.1. The molecule has 6 heterocycles. The van der Waals surface area contributed by atoms with Crippen molar-refractivity contribution in [2.24, 2.45) is 5.41 Å². The predicted molar refractivity (Wildman–Crippen MR) is 205 cm³/mol. The highest BCUT2D eigenvalue weighted by Gasteiger charge is 2.53. The maximum Gasteiger partial charge on any atom is 0.225 e. The Bertz CT molecular complexity index is 1490. The first-order chi connectivity index (χ1) is 24.0. The molecule has 3 aromatic rings. The molecule has 4 aliphatic rings. The number of allylic oxidation sites excluding steroid dienone is 2. The van der Waals surface area contributed by atoms with E-state index in [0.717, 1.165) is 79.3 Å². The Balaban J connectivity index is 0.000000167. The van der Waals surface area contributed by atoms with Gasteiger partial charge in [-0.1, -0.05) is 40.9 Å². The van der Waals surface area contributed by atoms with E-state index in [1.807, 2.05) is 72.0 Å². The Morgan fingerprint density at radius 2 is 1.24 bits per heavy atom. The van der Waals surface area contributed by atoms with Crippen molar-refractivity contribution in [2.45, 2.75) is 98.3 Å². The molecule has 11 heteroatoms. The summed E-state index contributed by atoms with van der Waals surface area (Å²) in [7, 11) is 3.54. The molecule has 4 fully saturated rings. The molecule has 0 amide bonds. The second-order valence-electron chi connectivity index (χ2n) is 13.9. The molecule has 11 nitrogen and oxygen atoms in total. The molecule has 3 aromatic heterocycles. The summed E-state index contributed by atoms with van der Waals surface area (Å²) in [6.07, 6.45) is 16.9. The zero-order valence-corrected chi connectivity index (χ0v) is 31.9. The summed E-state index contributed by atoms with van der Waals surface area (Å²) in [5, 5.41) is 0. The summed E-state index contributed by atoms with van der Waals surface area (Å²) in [6.45, 7) is 27.2. The molecular weight excluding hydrogens is 626 g/mol. The van der Waals surface area contributed by atoms with Gasteiger partial charge in [0.1, 0.15) is 0 Å². The minimum absolute atomic E-state index is 0.328. The molecule has 3 saturated heterocycles. The van der Waals surface area contributed by atoms with Crippen LogP contribution in [-0.2, 0) is 9.47 Å². The van der Waals surface area contributed by atoms with Crippen molar-refractivity contribution in [3.05, 3.63) is 67.0 Å². The molecule has 0 bridgehead atoms. The Hall–Kier alpha value is -3.96. The number of aromatic nitrogens is 6. The molecular formula is C39H59N9O2. The standard InChI is InChI=1S/C15H23N3O.C11H15N3O.C11H15N3.C2H6/c1-4-11(2)12-7-16-14(17-8-12)18-9-15(10-18)5-13(6-15)19-3;1-8(2)9-4-12-11(13-5-9)14-6-10(7-14)15-3;1-8(2)10-6-12-11(13-7-10)14-5-4-9(14)3;1-2/h7-8,11,13H,4-6,9-10H2,1-3H3;4-5,10H,1,6-7H2,2-3H3;6-7,9H,1,4-5H2,2-3H3;1-2H3. The number of hydrogen-bond donors (Lipinski definition) is 0. The lowest BCUT2D eigenvalue weighted by molar-refractivity contribution is -0.0735. The minimum atomic E-state index is 0.328. The van der Waals surface area contributed by atoms with Gasteiger partial charge in [0.2, 0.25) is 17.8 Å². The van der Waals surface area contributed by atoms with Crippen LogP contribution in [0.25, 0.3) is 11.1 Å². The highest BCUT2D eigenvalue weighted by Crippen LogP contribution is 2.50. The first-order valence-electron chi connectivity index (χ1n) is 18.1. The predicted octanol–water partition coefficient (Wildman–Crippen LogP) is 7.08. The van der Waals surface area contributed by atoms with E-state index in [1.165, 1.54) is 24.8 Å². The molecule has 1 saturated carbocycles. The highest BCUT2D eigenvalue weighted by atomic mass is 16.5. The average Bonchev–Trinajstić information content (AvgIpc) is 3.08. The van der Waals surface area contributed by atoms with E-state index in [2.05, 4.69) is 78.5 Å². The van der Waals surface area contributed by atoms with Crippen LogP contribution in [0.4, 0.5) is 17.8 Å². The zero-order chi connectivity index (χ0) is 36.4. The fraction of sp³-hybridized carbons (Fsp3) is 0.590. The summed E-state index contributed by atoms with van der Waals surface area (Å²) in [6, 6.07) is 0.589. The second kappa shape index (κ2) is 17.8. The highest BCUT2D eigenvalue weighted by molar-refractivity contribution is 5.60. The van der Waals surface area contributed by atoms with Crippen LogP contribution in [0, 0.1) is 5.41 Å². The number of rotatable bonds is 9. The van der Waals surface area contributed by atoms with E-state index in [1.54, 1.807) is 7.11 Å². The molecule has 1 spiro atoms. The molecule has 272 valence electrons. The van der Waals surface area contributed by atoms with Crippen molar-refractivity contribution in [2.75, 3.05) is 61.6 Å². The van der Waals surface area contributed by atoms with Crippen LogP contribution >= 0.6 is 0 Å². The molecule has 3 aliphatic heterocycles. The Labute approximate surface area is 300 Å². The topological polar surface area (TPSA) is 106 Å². The van der Waals surface area contributed by atoms with Crippen molar-refractivity contribution >= 4 is 29.0 Å². The summed E-state index contributed by atoms with van der Waals surface area (Å²) in [5.74, 6) is 3.05. The van der Waals surface area contributed by atoms with Crippen LogP contribution in [0.3, 0.4) is 0 Å². The van der Waals surface area contributed by atoms with Gasteiger partial charge in [0, 0.05) is 107 Å². The van der Waals surface area contributed by atoms with Crippen molar-refractivity contribution in [3.8, 4) is 0 Å². The lowest BCUT2D eigenvalue weighted by Gasteiger charge is -2.58. The summed E-state index contributed by atoms with van der Waals surface area (Å²) < 4.78 is 10.6. The molecule has 0 N–H and O–H groups in total. The monoisotopic (exact) mass is 685 g/mol. The largest absolute Gasteiger partial charge is 0.381 e. The van der Waals surface area contributed by atoms with Crippen LogP contribution < -0.4 is 14.7 Å². The van der Waals surface area contributed by atoms with E-state index in [-0.39, 0.29) is 0 Å². The van der Waals surface area contributed by atoms with Gasteiger partial charge in [-0.05, 0) is 69.1 Å². The number of hydrogen-bond acceptors (Lipinski definition) is 11. The van der Waals surface area contributed by atoms with Crippen molar-refractivity contribution in [1.82, 2.24) is 29.9 Å². The zero-order valence-electron chi connectivity index (χ0n) is 31.9. The number of methoxy groups -OCH3 is 2. The number of ether oxygens (including phenoxy) is 2. The SMILES string of the molecule is C=C(C)c1cnc(N2CC(OC)C2)nc1.C=C(C)c1cnc(N2CCC2C)nc1.CC.CCC(C)c1cnc(N2CC3(CC(OC)C3)C2)nc1. The van der Waals surface area contributed by atoms with Gasteiger partial charge >= 0.3 is 0 Å². The summed E-state index contributed by atoms with van der Waals surface area (Å²) in [4.78, 5) is 32.9. The first kappa shape index (κ1) is 38.8. The van der Waals surface area contributed by atoms with Crippen molar-refractivity contribution < 1.29 is 9.47 Å². The van der Waals surface area contributed by atoms with Gasteiger partial charge in [0.15, 0.2) is 0 Å². The fourth-order valence-electron chi connectivity index (χ4n) is 6.18. The van der Waals surface area contributed by atoms with E-state index in [0.29, 0.717) is 29.6 Å². The fourth-order valence-corrected chi connectivity index (χ4v) is 6.18. The molecule has 2 atom stereocenters. The van der Waals surface area contributed by atoms with Crippen LogP contribution in [0.5, 0.6) is 0 Å². The van der Waals surface area contributed by atoms with E-state index < -0.39 is 0 Å². The van der Waals surface area contributed by atoms with Gasteiger partial charge in [-0.25, -0.2) is 29.9 Å². The molecule has 50 heavy (non-hydrogen) atoms. The van der Waals surface area contributed by atoms with E-state index >= 15 is 0 Å². The molecule has 0 radical (unpaired) electrons. The lowest BCUT2D eigenvalue weighted by atomic mass is 9.62. The van der Waals surface area contributed by atoms with Gasteiger partial charge in [0.25, 0.3) is 0 Å². The van der Waals surface area contributed by atoms with E-state index in [9.17, 15) is 0 Å². The lowest BCUT2D eigenvalue weighted by Crippen LogP contribution is -2.64. The van der Waals surface area contributed by atoms with Crippen LogP contribution in [0.1, 0.15) is 96.8 Å². The van der Waals surface area contributed by atoms with Crippen LogP contribution in [-0.4, -0.2) is 95.1 Å². The maximum absolute atomic E-state index is 5.36. The van der Waals surface area contributed by atoms with Gasteiger partial charge in [0.05, 0.1) is 12.2 Å². The molecule has 7 rings (SSSR count). The van der Waals surface area contributed by atoms with Crippen LogP contribution in [0.2, 0.25) is 0 Å². The number of anilines is 3. The quantitative estimate of drug-likeness (QED) is 0.231. The third-order valence-corrected chi connectivity index (χ3v) is 10.1. The summed E-state index contributed by atoms with van der Waals surface area (Å²) in [5.41, 5.74) is 5.74. The normalized spacial score (nSPS) is 19.5. The average molecular weight is 686 g/mol. The molecule has 1 aliphatic carbocycles. The second-order valence-corrected chi connectivity index (χ2v) is 13.9. The van der Waals surface area contributed by atoms with Gasteiger partial charge < -0.3 is 24.2 Å². The number of nitrogens with zero attached hydrogens (tertiary/aromatic N) is 9. The Morgan fingerprint density at radius 1 is 0.780 bits per heavy atom. The molecule has 0 aromatic carbocycles. The molecule has 2 unspecified atom stereocenters. The first-order valence-corrected chi connectivity index (χ1v) is 18.1. The maximum atomic E-state index is 5.36. The smallest absolute Gasteiger partial charge is 0.225 e. The van der Waals surface area contributed by atoms with E-state index in [4.69, 9.17) is 9.47 Å². The third kappa shape index (κ3) is 9.42. The Morgan fingerprint density at radius 3 is 1.64 bits per heavy atom. The van der Waals surface area contributed by atoms with Crippen molar-refractivity contribution in [3.63, 3.8) is 0 Å². The van der Waals surface area contributed by atoms with Gasteiger partial charge in [-0.2, -0.15) is 0 Å². The van der Waals surface area contributed by atoms with Crippen molar-refractivity contribution in [1.29, 1.82) is 0 Å². The summed E-state index contributed by atoms with van der Waals surface area (Å²) >= 11 is 0. The van der Waals surface area contributed by atoms with Gasteiger partial charge in [-0.15, -0.1) is 0 Å². The Kier molecular flexibility index (Phi) is 13.8. The van der Waals surface area contributed by atoms with Crippen LogP contribution in [0.15, 0.2) is 50.3 Å². The minimum Gasteiger partial charge on any atom is -0.381 e. The van der Waals surface area contributed by atoms with Gasteiger partial charge in [-0.3, -0.25) is 0 Å².